The molecule has 13 rings (SSSR count). The summed E-state index contributed by atoms with van der Waals surface area (Å²) in [6, 6.07) is 34.2. The van der Waals surface area contributed by atoms with Crippen LogP contribution < -0.4 is 33.5 Å². The normalized spacial score (nSPS) is 15.9. The molecule has 0 bridgehead atoms. The molecule has 0 saturated carbocycles. The fraction of sp³-hybridized carbons (Fsp3) is 0.143. The van der Waals surface area contributed by atoms with Crippen molar-refractivity contribution in [3.8, 4) is 34.0 Å². The van der Waals surface area contributed by atoms with Gasteiger partial charge in [0.05, 0.1) is 71.7 Å². The van der Waals surface area contributed by atoms with Crippen LogP contribution in [0.25, 0.3) is 22.5 Å². The number of hydrogen-bond donors (Lipinski definition) is 0. The van der Waals surface area contributed by atoms with Gasteiger partial charge < -0.3 is 34.1 Å². The Hall–Kier alpha value is -10.4. The maximum atomic E-state index is 16.2. The molecular formula is C56H45F4N17O+6. The molecule has 5 aromatic heterocycles. The average molecular weight is 1050 g/mol. The van der Waals surface area contributed by atoms with Crippen LogP contribution in [0.15, 0.2) is 147 Å². The lowest BCUT2D eigenvalue weighted by Crippen LogP contribution is -2.27. The molecule has 0 fully saturated rings. The Labute approximate surface area is 443 Å². The highest BCUT2D eigenvalue weighted by Crippen LogP contribution is 2.50. The second-order valence-electron chi connectivity index (χ2n) is 19.0. The Morgan fingerprint density at radius 1 is 0.487 bits per heavy atom. The summed E-state index contributed by atoms with van der Waals surface area (Å²) in [5.74, 6) is -1.98. The number of aromatic nitrogens is 5. The van der Waals surface area contributed by atoms with Crippen molar-refractivity contribution in [1.82, 2.24) is 43.9 Å². The number of halogens is 4. The summed E-state index contributed by atoms with van der Waals surface area (Å²) in [6.45, 7) is 1.04. The zero-order valence-electron chi connectivity index (χ0n) is 42.5. The summed E-state index contributed by atoms with van der Waals surface area (Å²) in [6.07, 6.45) is 18.8. The lowest BCUT2D eigenvalue weighted by atomic mass is 10.1. The Morgan fingerprint density at radius 2 is 1.06 bits per heavy atom. The van der Waals surface area contributed by atoms with Crippen LogP contribution in [0.4, 0.5) is 80.4 Å². The van der Waals surface area contributed by atoms with E-state index in [0.717, 1.165) is 40.3 Å². The Balaban J connectivity index is 0.975. The highest BCUT2D eigenvalue weighted by Gasteiger charge is 2.43. The first-order chi connectivity index (χ1) is 37.8. The molecule has 0 atom stereocenters. The summed E-state index contributed by atoms with van der Waals surface area (Å²) in [4.78, 5) is 32.6. The van der Waals surface area contributed by atoms with E-state index in [4.69, 9.17) is 4.74 Å². The van der Waals surface area contributed by atoms with Crippen LogP contribution in [0.2, 0.25) is 0 Å². The number of benzene rings is 2. The number of ether oxygens (including phenoxy) is 1. The van der Waals surface area contributed by atoms with E-state index < -0.39 is 23.8 Å². The van der Waals surface area contributed by atoms with Crippen molar-refractivity contribution in [3.05, 3.63) is 171 Å². The summed E-state index contributed by atoms with van der Waals surface area (Å²) < 4.78 is 79.5. The SMILES string of the molecule is CN1C=CN(c2cc([N+]3=C=[N+](C)C=C3)c([N+]3=C=[N+](C)c4ncccc43)cc2Oc2cc([N+]3=C=[N+](C)c4ncccc43)c(N3C=CN(C)C3)cc2N2C=CN(c3cc(-c4cccc(-c5ccc(F)nc5F)n4)c(F)nc3F)C2)C1. The van der Waals surface area contributed by atoms with Gasteiger partial charge in [0.1, 0.15) is 5.69 Å². The van der Waals surface area contributed by atoms with Crippen molar-refractivity contribution in [2.45, 2.75) is 0 Å². The lowest BCUT2D eigenvalue weighted by Gasteiger charge is -2.27. The fourth-order valence-electron chi connectivity index (χ4n) is 9.94. The smallest absolute Gasteiger partial charge is 0.452 e. The predicted molar refractivity (Wildman–Crippen MR) is 284 cm³/mol. The van der Waals surface area contributed by atoms with Gasteiger partial charge in [-0.2, -0.15) is 37.5 Å². The van der Waals surface area contributed by atoms with E-state index in [0.29, 0.717) is 47.7 Å². The number of anilines is 4. The minimum absolute atomic E-state index is 0.0109. The van der Waals surface area contributed by atoms with Gasteiger partial charge >= 0.3 is 52.4 Å². The quantitative estimate of drug-likeness (QED) is 0.0701. The summed E-state index contributed by atoms with van der Waals surface area (Å²) in [5, 5.41) is 0. The Morgan fingerprint density at radius 3 is 1.69 bits per heavy atom. The van der Waals surface area contributed by atoms with Crippen molar-refractivity contribution in [2.75, 3.05) is 74.8 Å². The van der Waals surface area contributed by atoms with E-state index in [1.165, 1.54) is 30.3 Å². The standard InChI is InChI=1S/C56H45F4N17O/c1-66-17-20-71(30-66)42-26-46(73-22-19-68(3)32-73)49(28-44(42)76-33-69(4)55-40(76)11-7-15-61-55)78-50-29-45(77-34-70(5)56-41(77)12-8-16-62-56)43(72-21-18-67(2)31-72)27-47(50)74-23-24-75(35-74)48-25-37(53(59)65-54(48)60)39-10-6-9-38(63-39)36-13-14-51(57)64-52(36)58/h6-29H,31-32,35H2,1-5H3/q+6. The second kappa shape index (κ2) is 18.5. The van der Waals surface area contributed by atoms with Crippen molar-refractivity contribution >= 4 is 80.8 Å². The van der Waals surface area contributed by atoms with E-state index in [9.17, 15) is 8.78 Å². The number of rotatable bonds is 11. The molecule has 2 aromatic carbocycles. The van der Waals surface area contributed by atoms with Crippen LogP contribution in [0.3, 0.4) is 0 Å². The van der Waals surface area contributed by atoms with E-state index >= 15 is 8.78 Å². The van der Waals surface area contributed by atoms with Gasteiger partial charge in [0.25, 0.3) is 11.9 Å². The lowest BCUT2D eigenvalue weighted by molar-refractivity contribution is -0.429. The molecule has 78 heavy (non-hydrogen) atoms. The van der Waals surface area contributed by atoms with E-state index in [1.807, 2.05) is 147 Å². The zero-order valence-corrected chi connectivity index (χ0v) is 42.5. The highest BCUT2D eigenvalue weighted by atomic mass is 19.1. The first-order valence-electron chi connectivity index (χ1n) is 24.5. The average Bonchev–Trinajstić information content (AvgIpc) is 4.39. The molecular weight excluding hydrogens is 1000 g/mol. The maximum absolute atomic E-state index is 16.2. The Kier molecular flexibility index (Phi) is 11.2. The van der Waals surface area contributed by atoms with Crippen LogP contribution in [0.5, 0.6) is 11.5 Å². The molecule has 7 aromatic rings. The van der Waals surface area contributed by atoms with Crippen LogP contribution in [0.1, 0.15) is 0 Å². The summed E-state index contributed by atoms with van der Waals surface area (Å²) in [5.41, 5.74) is 5.70. The number of fused-ring (bicyclic) bond motifs is 2. The minimum atomic E-state index is -1.13. The molecule has 18 nitrogen and oxygen atoms in total. The minimum Gasteiger partial charge on any atom is -0.452 e. The predicted octanol–water partition coefficient (Wildman–Crippen LogP) is 9.00. The van der Waals surface area contributed by atoms with Crippen molar-refractivity contribution in [3.63, 3.8) is 0 Å². The maximum Gasteiger partial charge on any atom is 0.497 e. The molecule has 0 spiro atoms. The van der Waals surface area contributed by atoms with Gasteiger partial charge in [0.15, 0.2) is 32.6 Å². The van der Waals surface area contributed by atoms with Crippen molar-refractivity contribution in [2.24, 2.45) is 0 Å². The first-order valence-corrected chi connectivity index (χ1v) is 24.5. The van der Waals surface area contributed by atoms with Gasteiger partial charge in [-0.1, -0.05) is 19.8 Å². The van der Waals surface area contributed by atoms with Gasteiger partial charge in [-0.15, -0.1) is 0 Å². The molecule has 6 aliphatic rings. The number of pyridine rings is 5. The van der Waals surface area contributed by atoms with Crippen molar-refractivity contribution < 1.29 is 40.6 Å². The van der Waals surface area contributed by atoms with Crippen LogP contribution in [-0.2, 0) is 0 Å². The molecule has 11 heterocycles. The van der Waals surface area contributed by atoms with E-state index in [2.05, 4.69) is 68.6 Å². The molecule has 0 aliphatic carbocycles. The van der Waals surface area contributed by atoms with Crippen LogP contribution in [0, 0.1) is 23.8 Å². The van der Waals surface area contributed by atoms with Gasteiger partial charge in [0.2, 0.25) is 30.0 Å². The third-order valence-electron chi connectivity index (χ3n) is 13.7. The third-order valence-corrected chi connectivity index (χ3v) is 13.7. The van der Waals surface area contributed by atoms with Gasteiger partial charge in [-0.05, 0) is 62.3 Å². The summed E-state index contributed by atoms with van der Waals surface area (Å²) >= 11 is 0. The molecule has 22 heteroatoms. The van der Waals surface area contributed by atoms with Gasteiger partial charge in [-0.3, -0.25) is 0 Å². The molecule has 0 N–H and O–H groups in total. The summed E-state index contributed by atoms with van der Waals surface area (Å²) in [7, 11) is 9.69. The fourth-order valence-corrected chi connectivity index (χ4v) is 9.94. The van der Waals surface area contributed by atoms with Crippen molar-refractivity contribution in [1.29, 1.82) is 0 Å². The molecule has 0 saturated heterocycles. The highest BCUT2D eigenvalue weighted by molar-refractivity contribution is 5.87. The second-order valence-corrected chi connectivity index (χ2v) is 19.0. The third kappa shape index (κ3) is 8.21. The molecule has 0 radical (unpaired) electrons. The van der Waals surface area contributed by atoms with Gasteiger partial charge in [-0.25, -0.2) is 4.98 Å². The van der Waals surface area contributed by atoms with E-state index in [-0.39, 0.29) is 34.9 Å². The molecule has 0 amide bonds. The Bertz CT molecular complexity index is 4130. The largest absolute Gasteiger partial charge is 0.497 e. The first kappa shape index (κ1) is 47.3. The monoisotopic (exact) mass is 1050 g/mol. The molecule has 0 unspecified atom stereocenters. The van der Waals surface area contributed by atoms with Gasteiger partial charge in [0, 0.05) is 81.9 Å². The van der Waals surface area contributed by atoms with E-state index in [1.54, 1.807) is 29.7 Å². The number of nitrogens with zero attached hydrogens (tertiary/aromatic N) is 17. The van der Waals surface area contributed by atoms with Crippen LogP contribution in [-0.4, -0.2) is 126 Å². The molecule has 382 valence electrons. The topological polar surface area (TPSA) is 111 Å². The number of hydrogen-bond acceptors (Lipinski definition) is 12. The molecule has 6 aliphatic heterocycles. The zero-order chi connectivity index (χ0) is 53.5. The van der Waals surface area contributed by atoms with Crippen LogP contribution >= 0.6 is 0 Å².